The lowest BCUT2D eigenvalue weighted by Crippen LogP contribution is -2.29. The molecule has 1 aliphatic rings. The van der Waals surface area contributed by atoms with Gasteiger partial charge in [-0.25, -0.2) is 0 Å². The number of hydrogen-bond donors (Lipinski definition) is 1. The van der Waals surface area contributed by atoms with Crippen LogP contribution in [0, 0.1) is 6.92 Å². The summed E-state index contributed by atoms with van der Waals surface area (Å²) in [4.78, 5) is 28.0. The van der Waals surface area contributed by atoms with Crippen LogP contribution in [0.2, 0.25) is 0 Å². The number of likely N-dealkylation sites (tertiary alicyclic amines) is 1. The van der Waals surface area contributed by atoms with Crippen molar-refractivity contribution in [2.75, 3.05) is 6.61 Å². The lowest BCUT2D eigenvalue weighted by atomic mass is 9.95. The van der Waals surface area contributed by atoms with Gasteiger partial charge in [0.2, 0.25) is 0 Å². The van der Waals surface area contributed by atoms with Crippen molar-refractivity contribution in [3.05, 3.63) is 125 Å². The number of hydrogen-bond acceptors (Lipinski definition) is 6. The van der Waals surface area contributed by atoms with Gasteiger partial charge >= 0.3 is 0 Å². The zero-order valence-corrected chi connectivity index (χ0v) is 22.5. The largest absolute Gasteiger partial charge is 0.507 e. The van der Waals surface area contributed by atoms with Crippen LogP contribution in [0.15, 0.2) is 101 Å². The molecule has 1 saturated heterocycles. The van der Waals surface area contributed by atoms with Crippen LogP contribution in [0.4, 0.5) is 0 Å². The van der Waals surface area contributed by atoms with E-state index < -0.39 is 17.7 Å². The van der Waals surface area contributed by atoms with E-state index in [1.165, 1.54) is 11.2 Å². The topological polar surface area (TPSA) is 89.2 Å². The molecule has 0 bridgehead atoms. The van der Waals surface area contributed by atoms with Gasteiger partial charge < -0.3 is 23.9 Å². The number of carbonyl (C=O) groups excluding carboxylic acids is 2. The number of aliphatic hydroxyl groups is 1. The number of rotatable bonds is 10. The van der Waals surface area contributed by atoms with E-state index in [0.29, 0.717) is 41.6 Å². The van der Waals surface area contributed by atoms with Crippen LogP contribution in [0.1, 0.15) is 47.4 Å². The van der Waals surface area contributed by atoms with Crippen molar-refractivity contribution >= 4 is 17.4 Å². The van der Waals surface area contributed by atoms with Crippen LogP contribution in [0.5, 0.6) is 11.5 Å². The molecule has 0 radical (unpaired) electrons. The summed E-state index contributed by atoms with van der Waals surface area (Å²) in [6.45, 7) is 5.13. The summed E-state index contributed by atoms with van der Waals surface area (Å²) in [6, 6.07) is 24.8. The van der Waals surface area contributed by atoms with Gasteiger partial charge in [0.05, 0.1) is 31.0 Å². The van der Waals surface area contributed by atoms with Crippen molar-refractivity contribution in [2.24, 2.45) is 0 Å². The first-order valence-corrected chi connectivity index (χ1v) is 13.3. The van der Waals surface area contributed by atoms with Crippen molar-refractivity contribution in [3.8, 4) is 11.5 Å². The highest BCUT2D eigenvalue weighted by atomic mass is 16.5. The molecule has 2 heterocycles. The highest BCUT2D eigenvalue weighted by Gasteiger charge is 2.46. The molecule has 1 fully saturated rings. The Morgan fingerprint density at radius 2 is 1.65 bits per heavy atom. The van der Waals surface area contributed by atoms with Crippen LogP contribution >= 0.6 is 0 Å². The standard InChI is InChI=1S/C33H31NO6/c1-3-17-38-26-13-9-24(10-14-26)30-29(32(36)33(37)34(30)20-28-8-5-18-39-28)31(35)25-11-15-27(16-12-25)40-21-23-7-4-6-22(2)19-23/h4-16,18-19,30,35H,3,17,20-21H2,1-2H3/b31-29+/t30-/m1/s1. The Morgan fingerprint density at radius 3 is 2.33 bits per heavy atom. The SMILES string of the molecule is CCCOc1ccc([C@@H]2/C(=C(\O)c3ccc(OCc4cccc(C)c4)cc3)C(=O)C(=O)N2Cc2ccco2)cc1. The van der Waals surface area contributed by atoms with Gasteiger partial charge in [0, 0.05) is 5.56 Å². The Labute approximate surface area is 233 Å². The predicted octanol–water partition coefficient (Wildman–Crippen LogP) is 6.58. The smallest absolute Gasteiger partial charge is 0.296 e. The van der Waals surface area contributed by atoms with Gasteiger partial charge in [-0.15, -0.1) is 0 Å². The molecule has 1 aliphatic heterocycles. The van der Waals surface area contributed by atoms with E-state index in [1.54, 1.807) is 48.5 Å². The number of nitrogens with zero attached hydrogens (tertiary/aromatic N) is 1. The van der Waals surface area contributed by atoms with Gasteiger partial charge in [0.25, 0.3) is 11.7 Å². The fraction of sp³-hybridized carbons (Fsp3) is 0.212. The number of Topliss-reactive ketones (excluding diaryl/α,β-unsaturated/α-hetero) is 1. The van der Waals surface area contributed by atoms with E-state index >= 15 is 0 Å². The molecule has 1 N–H and O–H groups in total. The third-order valence-electron chi connectivity index (χ3n) is 6.73. The Balaban J connectivity index is 1.45. The fourth-order valence-electron chi connectivity index (χ4n) is 4.76. The van der Waals surface area contributed by atoms with Crippen LogP contribution in [-0.4, -0.2) is 28.3 Å². The Hall–Kier alpha value is -4.78. The second kappa shape index (κ2) is 11.9. The van der Waals surface area contributed by atoms with Gasteiger partial charge in [0.1, 0.15) is 29.6 Å². The predicted molar refractivity (Wildman–Crippen MR) is 151 cm³/mol. The number of benzene rings is 3. The van der Waals surface area contributed by atoms with E-state index in [-0.39, 0.29) is 17.9 Å². The molecule has 3 aromatic carbocycles. The van der Waals surface area contributed by atoms with Crippen molar-refractivity contribution < 1.29 is 28.6 Å². The normalized spacial score (nSPS) is 16.4. The molecule has 4 aromatic rings. The maximum Gasteiger partial charge on any atom is 0.296 e. The van der Waals surface area contributed by atoms with Gasteiger partial charge in [-0.3, -0.25) is 9.59 Å². The highest BCUT2D eigenvalue weighted by molar-refractivity contribution is 6.46. The van der Waals surface area contributed by atoms with Crippen molar-refractivity contribution in [2.45, 2.75) is 39.5 Å². The maximum atomic E-state index is 13.3. The number of carbonyl (C=O) groups is 2. The van der Waals surface area contributed by atoms with E-state index in [1.807, 2.05) is 44.2 Å². The lowest BCUT2D eigenvalue weighted by Gasteiger charge is -2.24. The first-order valence-electron chi connectivity index (χ1n) is 13.3. The Morgan fingerprint density at radius 1 is 0.925 bits per heavy atom. The summed E-state index contributed by atoms with van der Waals surface area (Å²) in [6.07, 6.45) is 2.39. The molecule has 1 atom stereocenters. The van der Waals surface area contributed by atoms with E-state index in [9.17, 15) is 14.7 Å². The third kappa shape index (κ3) is 5.78. The zero-order chi connectivity index (χ0) is 28.1. The molecule has 7 nitrogen and oxygen atoms in total. The van der Waals surface area contributed by atoms with Crippen LogP contribution in [-0.2, 0) is 22.7 Å². The average molecular weight is 538 g/mol. The van der Waals surface area contributed by atoms with Gasteiger partial charge in [-0.2, -0.15) is 0 Å². The molecular weight excluding hydrogens is 506 g/mol. The number of furan rings is 1. The maximum absolute atomic E-state index is 13.3. The van der Waals surface area contributed by atoms with Gasteiger partial charge in [-0.1, -0.05) is 48.9 Å². The molecule has 0 spiro atoms. The summed E-state index contributed by atoms with van der Waals surface area (Å²) >= 11 is 0. The summed E-state index contributed by atoms with van der Waals surface area (Å²) in [5, 5.41) is 11.4. The molecule has 0 unspecified atom stereocenters. The number of aryl methyl sites for hydroxylation is 1. The molecule has 0 saturated carbocycles. The second-order valence-corrected chi connectivity index (χ2v) is 9.73. The van der Waals surface area contributed by atoms with E-state index in [0.717, 1.165) is 17.5 Å². The average Bonchev–Trinajstić information content (AvgIpc) is 3.58. The minimum atomic E-state index is -0.803. The molecule has 1 amide bonds. The minimum Gasteiger partial charge on any atom is -0.507 e. The monoisotopic (exact) mass is 537 g/mol. The van der Waals surface area contributed by atoms with E-state index in [2.05, 4.69) is 6.07 Å². The molecule has 40 heavy (non-hydrogen) atoms. The Bertz CT molecular complexity index is 1500. The molecule has 204 valence electrons. The van der Waals surface area contributed by atoms with Crippen molar-refractivity contribution in [1.29, 1.82) is 0 Å². The zero-order valence-electron chi connectivity index (χ0n) is 22.5. The van der Waals surface area contributed by atoms with Crippen LogP contribution in [0.3, 0.4) is 0 Å². The summed E-state index contributed by atoms with van der Waals surface area (Å²) < 4.78 is 17.1. The first kappa shape index (κ1) is 26.8. The quantitative estimate of drug-likeness (QED) is 0.140. The first-order chi connectivity index (χ1) is 19.4. The number of ether oxygens (including phenoxy) is 2. The highest BCUT2D eigenvalue weighted by Crippen LogP contribution is 2.41. The second-order valence-electron chi connectivity index (χ2n) is 9.73. The minimum absolute atomic E-state index is 0.0206. The molecule has 5 rings (SSSR count). The summed E-state index contributed by atoms with van der Waals surface area (Å²) in [5.74, 6) is 0.143. The summed E-state index contributed by atoms with van der Waals surface area (Å²) in [5.41, 5.74) is 3.31. The van der Waals surface area contributed by atoms with Crippen LogP contribution < -0.4 is 9.47 Å². The third-order valence-corrected chi connectivity index (χ3v) is 6.73. The number of aliphatic hydroxyl groups excluding tert-OH is 1. The molecule has 7 heteroatoms. The van der Waals surface area contributed by atoms with E-state index in [4.69, 9.17) is 13.9 Å². The van der Waals surface area contributed by atoms with Gasteiger partial charge in [-0.05, 0) is 73.0 Å². The van der Waals surface area contributed by atoms with Gasteiger partial charge in [0.15, 0.2) is 0 Å². The Kier molecular flexibility index (Phi) is 8.01. The van der Waals surface area contributed by atoms with Crippen molar-refractivity contribution in [1.82, 2.24) is 4.90 Å². The molecular formula is C33H31NO6. The fourth-order valence-corrected chi connectivity index (χ4v) is 4.76. The van der Waals surface area contributed by atoms with Crippen LogP contribution in [0.25, 0.3) is 5.76 Å². The van der Waals surface area contributed by atoms with Crippen molar-refractivity contribution in [3.63, 3.8) is 0 Å². The molecule has 0 aliphatic carbocycles. The number of ketones is 1. The lowest BCUT2D eigenvalue weighted by molar-refractivity contribution is -0.140. The molecule has 1 aromatic heterocycles. The summed E-state index contributed by atoms with van der Waals surface area (Å²) in [7, 11) is 0. The number of amides is 1.